The van der Waals surface area contributed by atoms with Crippen LogP contribution in [0.15, 0.2) is 30.3 Å². The molecule has 13 nitrogen and oxygen atoms in total. The van der Waals surface area contributed by atoms with E-state index in [4.69, 9.17) is 9.47 Å². The lowest BCUT2D eigenvalue weighted by Gasteiger charge is -2.38. The van der Waals surface area contributed by atoms with Crippen LogP contribution in [0.5, 0.6) is 0 Å². The Morgan fingerprint density at radius 3 is 2.42 bits per heavy atom. The number of benzene rings is 1. The van der Waals surface area contributed by atoms with Crippen LogP contribution in [-0.4, -0.2) is 121 Å². The minimum atomic E-state index is -1.21. The normalized spacial score (nSPS) is 28.2. The second-order valence-corrected chi connectivity index (χ2v) is 11.6. The van der Waals surface area contributed by atoms with Crippen molar-refractivity contribution in [1.82, 2.24) is 25.8 Å². The first-order valence-corrected chi connectivity index (χ1v) is 14.7. The van der Waals surface area contributed by atoms with Gasteiger partial charge in [-0.2, -0.15) is 0 Å². The van der Waals surface area contributed by atoms with E-state index in [0.717, 1.165) is 5.56 Å². The van der Waals surface area contributed by atoms with Crippen LogP contribution in [0.1, 0.15) is 39.2 Å². The third-order valence-corrected chi connectivity index (χ3v) is 7.80. The Hall–Kier alpha value is -3.55. The van der Waals surface area contributed by atoms with E-state index in [1.165, 1.54) is 24.0 Å². The lowest BCUT2D eigenvalue weighted by Crippen LogP contribution is -2.60. The molecule has 2 saturated heterocycles. The van der Waals surface area contributed by atoms with Gasteiger partial charge in [0.2, 0.25) is 29.5 Å². The number of rotatable bonds is 6. The number of hydrogen-bond acceptors (Lipinski definition) is 8. The Labute approximate surface area is 252 Å². The number of amides is 5. The highest BCUT2D eigenvalue weighted by Crippen LogP contribution is 2.18. The monoisotopic (exact) mass is 603 g/mol. The van der Waals surface area contributed by atoms with Crippen molar-refractivity contribution in [3.05, 3.63) is 35.9 Å². The quantitative estimate of drug-likeness (QED) is 0.329. The van der Waals surface area contributed by atoms with Gasteiger partial charge in [0.05, 0.1) is 19.1 Å². The van der Waals surface area contributed by atoms with Crippen LogP contribution >= 0.6 is 0 Å². The summed E-state index contributed by atoms with van der Waals surface area (Å²) in [5, 5.41) is 19.6. The highest BCUT2D eigenvalue weighted by atomic mass is 16.5. The number of hydrogen-bond donors (Lipinski definition) is 4. The summed E-state index contributed by atoms with van der Waals surface area (Å²) in [4.78, 5) is 69.2. The Balaban J connectivity index is 1.99. The molecule has 2 heterocycles. The molecule has 0 spiro atoms. The molecule has 0 unspecified atom stereocenters. The van der Waals surface area contributed by atoms with Crippen molar-refractivity contribution in [2.75, 3.05) is 40.5 Å². The number of carbonyl (C=O) groups excluding carboxylic acids is 5. The predicted molar refractivity (Wildman–Crippen MR) is 156 cm³/mol. The summed E-state index contributed by atoms with van der Waals surface area (Å²) in [6.07, 6.45) is -1.35. The lowest BCUT2D eigenvalue weighted by atomic mass is 9.97. The first-order chi connectivity index (χ1) is 20.4. The topological polar surface area (TPSA) is 167 Å². The molecule has 1 aromatic rings. The van der Waals surface area contributed by atoms with E-state index in [1.54, 1.807) is 6.92 Å². The zero-order chi connectivity index (χ0) is 31.7. The number of nitrogens with zero attached hydrogens (tertiary/aromatic N) is 2. The van der Waals surface area contributed by atoms with Gasteiger partial charge in [0, 0.05) is 27.2 Å². The van der Waals surface area contributed by atoms with Gasteiger partial charge >= 0.3 is 0 Å². The fraction of sp³-hybridized carbons (Fsp3) is 0.633. The molecule has 238 valence electrons. The average molecular weight is 604 g/mol. The molecule has 3 rings (SSSR count). The number of aliphatic hydroxyl groups excluding tert-OH is 1. The summed E-state index contributed by atoms with van der Waals surface area (Å²) < 4.78 is 10.8. The first-order valence-electron chi connectivity index (χ1n) is 14.7. The molecule has 1 aromatic carbocycles. The smallest absolute Gasteiger partial charge is 0.249 e. The van der Waals surface area contributed by atoms with E-state index < -0.39 is 72.5 Å². The van der Waals surface area contributed by atoms with E-state index in [-0.39, 0.29) is 32.1 Å². The van der Waals surface area contributed by atoms with Crippen LogP contribution in [-0.2, 0) is 39.9 Å². The predicted octanol–water partition coefficient (Wildman–Crippen LogP) is -0.785. The van der Waals surface area contributed by atoms with Crippen LogP contribution < -0.4 is 16.0 Å². The standard InChI is InChI=1S/C30H45N5O8/c1-18(2)13-23-30(41)34(4)19(3)28(39)33-22(14-20-9-7-6-8-10-20)29(40)32-21-11-12-43-24(27(21)38)15-35(16-25(36)31-23)26(37)17-42-5/h6-10,18-19,21-24,27,38H,11-17H2,1-5H3,(H,31,36)(H,32,40)(H,33,39)/t19-,21-,22-,23+,24+,27-/m0/s1. The van der Waals surface area contributed by atoms with E-state index in [1.807, 2.05) is 44.2 Å². The lowest BCUT2D eigenvalue weighted by molar-refractivity contribution is -0.148. The van der Waals surface area contributed by atoms with Gasteiger partial charge < -0.3 is 40.3 Å². The zero-order valence-corrected chi connectivity index (χ0v) is 25.6. The largest absolute Gasteiger partial charge is 0.388 e. The summed E-state index contributed by atoms with van der Waals surface area (Å²) in [7, 11) is 2.82. The van der Waals surface area contributed by atoms with E-state index in [9.17, 15) is 29.1 Å². The maximum atomic E-state index is 13.6. The number of likely N-dealkylation sites (N-methyl/N-ethyl adjacent to an activating group) is 1. The fourth-order valence-electron chi connectivity index (χ4n) is 5.23. The molecule has 5 amide bonds. The summed E-state index contributed by atoms with van der Waals surface area (Å²) in [5.41, 5.74) is 0.809. The van der Waals surface area contributed by atoms with E-state index in [2.05, 4.69) is 16.0 Å². The molecule has 2 aliphatic rings. The van der Waals surface area contributed by atoms with Gasteiger partial charge in [-0.15, -0.1) is 0 Å². The second-order valence-electron chi connectivity index (χ2n) is 11.6. The molecule has 0 saturated carbocycles. The van der Waals surface area contributed by atoms with Crippen LogP contribution in [0, 0.1) is 5.92 Å². The van der Waals surface area contributed by atoms with Gasteiger partial charge in [-0.1, -0.05) is 44.2 Å². The summed E-state index contributed by atoms with van der Waals surface area (Å²) in [6, 6.07) is 5.50. The summed E-state index contributed by atoms with van der Waals surface area (Å²) in [6.45, 7) is 4.67. The van der Waals surface area contributed by atoms with E-state index >= 15 is 0 Å². The van der Waals surface area contributed by atoms with Gasteiger partial charge in [0.1, 0.15) is 36.9 Å². The molecule has 43 heavy (non-hydrogen) atoms. The van der Waals surface area contributed by atoms with Gasteiger partial charge in [0.25, 0.3) is 0 Å². The maximum Gasteiger partial charge on any atom is 0.249 e. The van der Waals surface area contributed by atoms with Crippen molar-refractivity contribution in [3.63, 3.8) is 0 Å². The molecule has 2 fully saturated rings. The number of nitrogens with one attached hydrogen (secondary N) is 3. The van der Waals surface area contributed by atoms with E-state index in [0.29, 0.717) is 12.8 Å². The van der Waals surface area contributed by atoms with Crippen LogP contribution in [0.25, 0.3) is 0 Å². The van der Waals surface area contributed by atoms with Crippen molar-refractivity contribution >= 4 is 29.5 Å². The van der Waals surface area contributed by atoms with Crippen molar-refractivity contribution < 1.29 is 38.6 Å². The molecular weight excluding hydrogens is 558 g/mol. The maximum absolute atomic E-state index is 13.6. The highest BCUT2D eigenvalue weighted by molar-refractivity contribution is 5.94. The van der Waals surface area contributed by atoms with Crippen molar-refractivity contribution in [2.45, 2.75) is 76.4 Å². The van der Waals surface area contributed by atoms with Gasteiger partial charge in [0.15, 0.2) is 0 Å². The molecule has 13 heteroatoms. The number of ether oxygens (including phenoxy) is 2. The fourth-order valence-corrected chi connectivity index (χ4v) is 5.23. The second kappa shape index (κ2) is 15.8. The third-order valence-electron chi connectivity index (χ3n) is 7.80. The van der Waals surface area contributed by atoms with Gasteiger partial charge in [-0.05, 0) is 31.2 Å². The minimum Gasteiger partial charge on any atom is -0.388 e. The number of methoxy groups -OCH3 is 1. The average Bonchev–Trinajstić information content (AvgIpc) is 2.96. The van der Waals surface area contributed by atoms with Crippen molar-refractivity contribution in [2.24, 2.45) is 5.92 Å². The molecule has 2 bridgehead atoms. The van der Waals surface area contributed by atoms with Crippen molar-refractivity contribution in [3.8, 4) is 0 Å². The SMILES string of the molecule is COCC(=O)N1CC(=O)N[C@H](CC(C)C)C(=O)N(C)[C@@H](C)C(=O)N[C@@H](Cc2ccccc2)C(=O)N[C@H]2CCO[C@H](C1)[C@H]2O. The Morgan fingerprint density at radius 2 is 1.77 bits per heavy atom. The summed E-state index contributed by atoms with van der Waals surface area (Å²) in [5.74, 6) is -2.61. The van der Waals surface area contributed by atoms with Gasteiger partial charge in [-0.25, -0.2) is 0 Å². The molecule has 0 radical (unpaired) electrons. The molecular formula is C30H45N5O8. The molecule has 6 atom stereocenters. The number of aliphatic hydroxyl groups is 1. The first kappa shape index (κ1) is 33.9. The zero-order valence-electron chi connectivity index (χ0n) is 25.6. The van der Waals surface area contributed by atoms with Crippen LogP contribution in [0.4, 0.5) is 0 Å². The Morgan fingerprint density at radius 1 is 1.07 bits per heavy atom. The Bertz CT molecular complexity index is 1130. The minimum absolute atomic E-state index is 0.0220. The molecule has 0 aromatic heterocycles. The Kier molecular flexibility index (Phi) is 12.5. The molecule has 4 N–H and O–H groups in total. The van der Waals surface area contributed by atoms with Crippen LogP contribution in [0.3, 0.4) is 0 Å². The third kappa shape index (κ3) is 9.47. The van der Waals surface area contributed by atoms with Crippen molar-refractivity contribution in [1.29, 1.82) is 0 Å². The van der Waals surface area contributed by atoms with Gasteiger partial charge in [-0.3, -0.25) is 24.0 Å². The highest BCUT2D eigenvalue weighted by Gasteiger charge is 2.39. The molecule has 2 aliphatic heterocycles. The number of fused-ring (bicyclic) bond motifs is 2. The molecule has 0 aliphatic carbocycles. The summed E-state index contributed by atoms with van der Waals surface area (Å²) >= 11 is 0. The number of carbonyl (C=O) groups is 5. The van der Waals surface area contributed by atoms with Crippen LogP contribution in [0.2, 0.25) is 0 Å².